The zero-order chi connectivity index (χ0) is 22.7. The van der Waals surface area contributed by atoms with Gasteiger partial charge >= 0.3 is 0 Å². The molecule has 1 N–H and O–H groups in total. The molecular formula is C24H36N6O2. The van der Waals surface area contributed by atoms with Crippen molar-refractivity contribution in [1.82, 2.24) is 24.8 Å². The smallest absolute Gasteiger partial charge is 0.259 e. The van der Waals surface area contributed by atoms with Crippen molar-refractivity contribution in [2.45, 2.75) is 64.8 Å². The van der Waals surface area contributed by atoms with E-state index in [1.54, 1.807) is 6.20 Å². The van der Waals surface area contributed by atoms with E-state index in [0.717, 1.165) is 64.1 Å². The number of aromatic nitrogens is 3. The molecule has 1 amide bonds. The number of fused-ring (bicyclic) bond motifs is 1. The Labute approximate surface area is 190 Å². The lowest BCUT2D eigenvalue weighted by Crippen LogP contribution is -2.48. The van der Waals surface area contributed by atoms with Crippen LogP contribution in [-0.2, 0) is 4.79 Å². The molecule has 4 rings (SSSR count). The summed E-state index contributed by atoms with van der Waals surface area (Å²) in [5, 5.41) is 0.531. The molecule has 0 saturated carbocycles. The van der Waals surface area contributed by atoms with E-state index in [1.165, 1.54) is 6.42 Å². The second-order valence-corrected chi connectivity index (χ2v) is 9.18. The molecule has 2 aromatic heterocycles. The Morgan fingerprint density at radius 2 is 1.91 bits per heavy atom. The number of nitrogens with zero attached hydrogens (tertiary/aromatic N) is 5. The van der Waals surface area contributed by atoms with Crippen LogP contribution in [0.2, 0.25) is 0 Å². The molecule has 2 aromatic rings. The van der Waals surface area contributed by atoms with Gasteiger partial charge in [0.05, 0.1) is 17.4 Å². The van der Waals surface area contributed by atoms with Crippen molar-refractivity contribution in [3.63, 3.8) is 0 Å². The largest absolute Gasteiger partial charge is 0.341 e. The first kappa shape index (κ1) is 22.7. The Hall–Kier alpha value is -2.48. The van der Waals surface area contributed by atoms with E-state index in [2.05, 4.69) is 50.4 Å². The van der Waals surface area contributed by atoms with Crippen molar-refractivity contribution < 1.29 is 4.79 Å². The number of hydrogen-bond donors (Lipinski definition) is 1. The van der Waals surface area contributed by atoms with Crippen molar-refractivity contribution in [2.24, 2.45) is 0 Å². The normalized spacial score (nSPS) is 20.6. The summed E-state index contributed by atoms with van der Waals surface area (Å²) in [6.07, 6.45) is 6.95. The second kappa shape index (κ2) is 9.98. The Morgan fingerprint density at radius 1 is 1.16 bits per heavy atom. The third-order valence-electron chi connectivity index (χ3n) is 7.16. The lowest BCUT2D eigenvalue weighted by molar-refractivity contribution is -0.135. The number of piperidine rings is 2. The Balaban J connectivity index is 1.43. The summed E-state index contributed by atoms with van der Waals surface area (Å²) in [7, 11) is 0. The monoisotopic (exact) mass is 440 g/mol. The van der Waals surface area contributed by atoms with E-state index < -0.39 is 0 Å². The molecule has 8 nitrogen and oxygen atoms in total. The second-order valence-electron chi connectivity index (χ2n) is 9.18. The highest BCUT2D eigenvalue weighted by Gasteiger charge is 2.27. The molecule has 8 heteroatoms. The topological polar surface area (TPSA) is 85.4 Å². The van der Waals surface area contributed by atoms with Gasteiger partial charge in [0.15, 0.2) is 0 Å². The van der Waals surface area contributed by atoms with Gasteiger partial charge in [0.25, 0.3) is 5.56 Å². The maximum Gasteiger partial charge on any atom is 0.259 e. The molecule has 0 aliphatic carbocycles. The number of carbonyl (C=O) groups excluding carboxylic acids is 1. The number of carbonyl (C=O) groups is 1. The quantitative estimate of drug-likeness (QED) is 0.743. The lowest BCUT2D eigenvalue weighted by atomic mass is 9.92. The highest BCUT2D eigenvalue weighted by Crippen LogP contribution is 2.28. The molecule has 2 aliphatic rings. The molecule has 2 saturated heterocycles. The van der Waals surface area contributed by atoms with Gasteiger partial charge in [0, 0.05) is 43.5 Å². The van der Waals surface area contributed by atoms with E-state index in [0.29, 0.717) is 29.4 Å². The third kappa shape index (κ3) is 4.80. The van der Waals surface area contributed by atoms with Crippen LogP contribution in [0.15, 0.2) is 17.1 Å². The Kier molecular flexibility index (Phi) is 7.08. The van der Waals surface area contributed by atoms with Gasteiger partial charge in [-0.3, -0.25) is 14.5 Å². The number of hydrogen-bond acceptors (Lipinski definition) is 6. The van der Waals surface area contributed by atoms with Crippen LogP contribution in [0.5, 0.6) is 0 Å². The molecule has 0 unspecified atom stereocenters. The fourth-order valence-corrected chi connectivity index (χ4v) is 5.08. The van der Waals surface area contributed by atoms with Crippen LogP contribution < -0.4 is 10.5 Å². The van der Waals surface area contributed by atoms with Crippen LogP contribution in [0.4, 0.5) is 5.95 Å². The van der Waals surface area contributed by atoms with Crippen LogP contribution in [0.1, 0.15) is 64.5 Å². The summed E-state index contributed by atoms with van der Waals surface area (Å²) >= 11 is 0. The number of aromatic amines is 1. The van der Waals surface area contributed by atoms with Gasteiger partial charge in [-0.25, -0.2) is 9.97 Å². The number of nitrogens with one attached hydrogen (secondary N) is 1. The summed E-state index contributed by atoms with van der Waals surface area (Å²) in [4.78, 5) is 44.0. The molecule has 2 aliphatic heterocycles. The minimum Gasteiger partial charge on any atom is -0.341 e. The number of pyridine rings is 1. The van der Waals surface area contributed by atoms with E-state index >= 15 is 0 Å². The number of H-pyrrole nitrogens is 1. The zero-order valence-electron chi connectivity index (χ0n) is 19.6. The van der Waals surface area contributed by atoms with E-state index in [4.69, 9.17) is 0 Å². The number of likely N-dealkylation sites (tertiary alicyclic amines) is 2. The summed E-state index contributed by atoms with van der Waals surface area (Å²) < 4.78 is 0. The molecule has 2 fully saturated rings. The summed E-state index contributed by atoms with van der Waals surface area (Å²) in [6.45, 7) is 11.1. The van der Waals surface area contributed by atoms with Crippen LogP contribution in [-0.4, -0.2) is 76.0 Å². The van der Waals surface area contributed by atoms with Gasteiger partial charge in [-0.1, -0.05) is 0 Å². The van der Waals surface area contributed by atoms with Crippen molar-refractivity contribution in [3.8, 4) is 0 Å². The minimum atomic E-state index is -0.125. The average molecular weight is 441 g/mol. The Bertz CT molecular complexity index is 994. The molecule has 32 heavy (non-hydrogen) atoms. The molecule has 0 bridgehead atoms. The maximum absolute atomic E-state index is 12.8. The van der Waals surface area contributed by atoms with Gasteiger partial charge in [-0.2, -0.15) is 0 Å². The van der Waals surface area contributed by atoms with Crippen LogP contribution >= 0.6 is 0 Å². The number of rotatable bonds is 6. The van der Waals surface area contributed by atoms with Crippen molar-refractivity contribution in [2.75, 3.05) is 44.2 Å². The van der Waals surface area contributed by atoms with E-state index in [9.17, 15) is 9.59 Å². The summed E-state index contributed by atoms with van der Waals surface area (Å²) in [5.74, 6) is 1.20. The first-order chi connectivity index (χ1) is 15.5. The van der Waals surface area contributed by atoms with Gasteiger partial charge in [-0.05, 0) is 72.0 Å². The fourth-order valence-electron chi connectivity index (χ4n) is 5.08. The third-order valence-corrected chi connectivity index (χ3v) is 7.16. The zero-order valence-corrected chi connectivity index (χ0v) is 19.6. The van der Waals surface area contributed by atoms with E-state index in [-0.39, 0.29) is 17.4 Å². The van der Waals surface area contributed by atoms with Crippen LogP contribution in [0.3, 0.4) is 0 Å². The fraction of sp³-hybridized carbons (Fsp3) is 0.667. The molecule has 0 radical (unpaired) electrons. The van der Waals surface area contributed by atoms with Crippen molar-refractivity contribution in [1.29, 1.82) is 0 Å². The summed E-state index contributed by atoms with van der Waals surface area (Å²) in [6, 6.07) is 2.38. The SMILES string of the molecule is CCN(CC)c1ncc2c(=O)[nH]c(C3CCN(CC(=O)N4CCCC[C@H]4C)CC3)cc2n1. The van der Waals surface area contributed by atoms with Gasteiger partial charge in [0.1, 0.15) is 0 Å². The standard InChI is InChI=1S/C24H36N6O2/c1-4-29(5-2)24-25-15-19-21(27-24)14-20(26-23(19)32)18-9-12-28(13-10-18)16-22(31)30-11-7-6-8-17(30)3/h14-15,17-18H,4-13,16H2,1-3H3,(H,26,32)/t17-/m1/s1. The van der Waals surface area contributed by atoms with E-state index in [1.807, 2.05) is 6.07 Å². The highest BCUT2D eigenvalue weighted by atomic mass is 16.2. The Morgan fingerprint density at radius 3 is 2.59 bits per heavy atom. The number of anilines is 1. The van der Waals surface area contributed by atoms with Gasteiger partial charge in [0.2, 0.25) is 11.9 Å². The van der Waals surface area contributed by atoms with Crippen molar-refractivity contribution in [3.05, 3.63) is 28.3 Å². The van der Waals surface area contributed by atoms with Crippen molar-refractivity contribution >= 4 is 22.8 Å². The van der Waals surface area contributed by atoms with Crippen LogP contribution in [0, 0.1) is 0 Å². The minimum absolute atomic E-state index is 0.125. The molecule has 0 aromatic carbocycles. The molecule has 0 spiro atoms. The average Bonchev–Trinajstić information content (AvgIpc) is 2.80. The predicted octanol–water partition coefficient (Wildman–Crippen LogP) is 2.74. The first-order valence-electron chi connectivity index (χ1n) is 12.2. The molecular weight excluding hydrogens is 404 g/mol. The van der Waals surface area contributed by atoms with Crippen LogP contribution in [0.25, 0.3) is 10.9 Å². The maximum atomic E-state index is 12.8. The summed E-state index contributed by atoms with van der Waals surface area (Å²) in [5.41, 5.74) is 1.53. The lowest BCUT2D eigenvalue weighted by Gasteiger charge is -2.37. The van der Waals surface area contributed by atoms with Gasteiger partial charge in [-0.15, -0.1) is 0 Å². The molecule has 174 valence electrons. The number of amides is 1. The van der Waals surface area contributed by atoms with Gasteiger partial charge < -0.3 is 14.8 Å². The highest BCUT2D eigenvalue weighted by molar-refractivity contribution is 5.79. The molecule has 1 atom stereocenters. The first-order valence-corrected chi connectivity index (χ1v) is 12.2. The predicted molar refractivity (Wildman–Crippen MR) is 127 cm³/mol. The molecule has 4 heterocycles.